The average molecular weight is 396 g/mol. The van der Waals surface area contributed by atoms with Crippen LogP contribution in [0.15, 0.2) is 43.0 Å². The van der Waals surface area contributed by atoms with E-state index in [2.05, 4.69) is 16.9 Å². The van der Waals surface area contributed by atoms with Crippen LogP contribution >= 0.6 is 0 Å². The number of hydrogen-bond acceptors (Lipinski definition) is 5. The molecule has 0 spiro atoms. The Balaban J connectivity index is 1.98. The summed E-state index contributed by atoms with van der Waals surface area (Å²) in [4.78, 5) is 16.2. The molecule has 7 heteroatoms. The lowest BCUT2D eigenvalue weighted by molar-refractivity contribution is 0.249. The zero-order valence-corrected chi connectivity index (χ0v) is 16.9. The van der Waals surface area contributed by atoms with Crippen molar-refractivity contribution in [2.45, 2.75) is 32.6 Å². The molecule has 2 aromatic rings. The van der Waals surface area contributed by atoms with E-state index in [4.69, 9.17) is 5.84 Å². The second kappa shape index (κ2) is 8.45. The lowest BCUT2D eigenvalue weighted by atomic mass is 9.97. The number of anilines is 2. The number of hydrazine groups is 1. The zero-order chi connectivity index (χ0) is 21.1. The number of nitrogens with one attached hydrogen (secondary N) is 1. The number of phenols is 2. The molecule has 0 aromatic heterocycles. The molecule has 0 atom stereocenters. The Kier molecular flexibility index (Phi) is 5.98. The number of benzene rings is 2. The average Bonchev–Trinajstić information content (AvgIpc) is 3.23. The monoisotopic (exact) mass is 396 g/mol. The van der Waals surface area contributed by atoms with Gasteiger partial charge in [0.2, 0.25) is 0 Å². The third-order valence-corrected chi connectivity index (χ3v) is 5.25. The minimum Gasteiger partial charge on any atom is -0.508 e. The smallest absolute Gasteiger partial charge is 0.340 e. The van der Waals surface area contributed by atoms with Crippen molar-refractivity contribution >= 4 is 23.1 Å². The van der Waals surface area contributed by atoms with Gasteiger partial charge in [-0.05, 0) is 54.7 Å². The summed E-state index contributed by atoms with van der Waals surface area (Å²) in [6, 6.07) is 9.91. The topological polar surface area (TPSA) is 102 Å². The van der Waals surface area contributed by atoms with Gasteiger partial charge >= 0.3 is 6.03 Å². The Morgan fingerprint density at radius 2 is 1.76 bits per heavy atom. The summed E-state index contributed by atoms with van der Waals surface area (Å²) < 4.78 is 0. The maximum atomic E-state index is 12.6. The minimum atomic E-state index is -0.581. The first kappa shape index (κ1) is 20.5. The van der Waals surface area contributed by atoms with E-state index in [1.807, 2.05) is 38.1 Å². The van der Waals surface area contributed by atoms with E-state index < -0.39 is 6.03 Å². The number of phenolic OH excluding ortho intramolecular Hbond substituents is 2. The Hall–Kier alpha value is -3.19. The van der Waals surface area contributed by atoms with Crippen molar-refractivity contribution in [2.24, 2.45) is 5.84 Å². The highest BCUT2D eigenvalue weighted by Crippen LogP contribution is 2.37. The van der Waals surface area contributed by atoms with E-state index >= 15 is 0 Å². The van der Waals surface area contributed by atoms with Gasteiger partial charge in [-0.25, -0.2) is 10.6 Å². The summed E-state index contributed by atoms with van der Waals surface area (Å²) in [5.41, 5.74) is 5.05. The normalized spacial score (nSPS) is 13.6. The standard InChI is InChI=1S/C22H28N4O3/c1-14(2)18-12-19(21(28)13-20(18)27)15(3)26(22(29)24-23)17-8-6-16(7-9-17)25-10-4-5-11-25/h6-9,12-14,27-28H,3-5,10-11,23H2,1-2H3,(H,24,29). The molecule has 5 N–H and O–H groups in total. The Labute approximate surface area is 171 Å². The molecule has 1 aliphatic rings. The van der Waals surface area contributed by atoms with Crippen molar-refractivity contribution in [3.8, 4) is 11.5 Å². The van der Waals surface area contributed by atoms with E-state index in [9.17, 15) is 15.0 Å². The van der Waals surface area contributed by atoms with Crippen molar-refractivity contribution in [1.29, 1.82) is 0 Å². The van der Waals surface area contributed by atoms with Crippen LogP contribution in [0.5, 0.6) is 11.5 Å². The second-order valence-electron chi connectivity index (χ2n) is 7.53. The number of rotatable bonds is 5. The summed E-state index contributed by atoms with van der Waals surface area (Å²) >= 11 is 0. The van der Waals surface area contributed by atoms with Gasteiger partial charge in [-0.2, -0.15) is 0 Å². The number of hydrogen-bond donors (Lipinski definition) is 4. The number of amides is 2. The van der Waals surface area contributed by atoms with Crippen LogP contribution < -0.4 is 21.1 Å². The molecule has 29 heavy (non-hydrogen) atoms. The van der Waals surface area contributed by atoms with E-state index in [0.29, 0.717) is 16.8 Å². The van der Waals surface area contributed by atoms with Crippen LogP contribution in [-0.4, -0.2) is 29.3 Å². The molecule has 0 aliphatic carbocycles. The lowest BCUT2D eigenvalue weighted by Gasteiger charge is -2.26. The van der Waals surface area contributed by atoms with Gasteiger partial charge in [-0.15, -0.1) is 0 Å². The highest BCUT2D eigenvalue weighted by atomic mass is 16.3. The molecule has 1 heterocycles. The molecule has 1 aliphatic heterocycles. The van der Waals surface area contributed by atoms with Gasteiger partial charge in [0.05, 0.1) is 11.4 Å². The molecule has 3 rings (SSSR count). The van der Waals surface area contributed by atoms with Crippen LogP contribution in [0.3, 0.4) is 0 Å². The first-order valence-corrected chi connectivity index (χ1v) is 9.74. The van der Waals surface area contributed by atoms with Crippen molar-refractivity contribution in [3.63, 3.8) is 0 Å². The minimum absolute atomic E-state index is 0.00107. The fourth-order valence-corrected chi connectivity index (χ4v) is 3.66. The van der Waals surface area contributed by atoms with Gasteiger partial charge in [0, 0.05) is 30.4 Å². The van der Waals surface area contributed by atoms with Gasteiger partial charge in [-0.1, -0.05) is 20.4 Å². The highest BCUT2D eigenvalue weighted by Gasteiger charge is 2.23. The molecular weight excluding hydrogens is 368 g/mol. The number of carbonyl (C=O) groups is 1. The molecule has 0 saturated carbocycles. The first-order valence-electron chi connectivity index (χ1n) is 9.74. The molecule has 1 saturated heterocycles. The van der Waals surface area contributed by atoms with Crippen LogP contribution in [0.1, 0.15) is 43.7 Å². The number of urea groups is 1. The fourth-order valence-electron chi connectivity index (χ4n) is 3.66. The van der Waals surface area contributed by atoms with Gasteiger partial charge in [-0.3, -0.25) is 10.3 Å². The number of carbonyl (C=O) groups excluding carboxylic acids is 1. The molecule has 2 aromatic carbocycles. The summed E-state index contributed by atoms with van der Waals surface area (Å²) in [6.07, 6.45) is 2.36. The Morgan fingerprint density at radius 3 is 2.31 bits per heavy atom. The van der Waals surface area contributed by atoms with Crippen LogP contribution in [0.2, 0.25) is 0 Å². The largest absolute Gasteiger partial charge is 0.508 e. The number of nitrogens with two attached hydrogens (primary N) is 1. The summed E-state index contributed by atoms with van der Waals surface area (Å²) in [5, 5.41) is 20.5. The van der Waals surface area contributed by atoms with Crippen molar-refractivity contribution in [1.82, 2.24) is 5.43 Å². The quantitative estimate of drug-likeness (QED) is 0.349. The van der Waals surface area contributed by atoms with Gasteiger partial charge in [0.25, 0.3) is 0 Å². The van der Waals surface area contributed by atoms with Crippen LogP contribution in [0, 0.1) is 0 Å². The maximum Gasteiger partial charge on any atom is 0.340 e. The molecule has 0 bridgehead atoms. The van der Waals surface area contributed by atoms with Gasteiger partial charge in [0.1, 0.15) is 11.5 Å². The third-order valence-electron chi connectivity index (χ3n) is 5.25. The predicted molar refractivity (Wildman–Crippen MR) is 116 cm³/mol. The second-order valence-corrected chi connectivity index (χ2v) is 7.53. The molecule has 0 radical (unpaired) electrons. The number of nitrogens with zero attached hydrogens (tertiary/aromatic N) is 2. The van der Waals surface area contributed by atoms with Crippen molar-refractivity contribution < 1.29 is 15.0 Å². The Bertz CT molecular complexity index is 903. The van der Waals surface area contributed by atoms with Gasteiger partial charge in [0.15, 0.2) is 0 Å². The molecule has 7 nitrogen and oxygen atoms in total. The maximum absolute atomic E-state index is 12.6. The summed E-state index contributed by atoms with van der Waals surface area (Å²) in [5.74, 6) is 5.26. The fraction of sp³-hybridized carbons (Fsp3) is 0.318. The Morgan fingerprint density at radius 1 is 1.14 bits per heavy atom. The van der Waals surface area contributed by atoms with Crippen molar-refractivity contribution in [3.05, 3.63) is 54.1 Å². The van der Waals surface area contributed by atoms with Crippen molar-refractivity contribution in [2.75, 3.05) is 22.9 Å². The molecule has 154 valence electrons. The zero-order valence-electron chi connectivity index (χ0n) is 16.9. The van der Waals surface area contributed by atoms with E-state index in [0.717, 1.165) is 18.8 Å². The molecule has 0 unspecified atom stereocenters. The van der Waals surface area contributed by atoms with Crippen LogP contribution in [-0.2, 0) is 0 Å². The highest BCUT2D eigenvalue weighted by molar-refractivity contribution is 6.05. The van der Waals surface area contributed by atoms with Gasteiger partial charge < -0.3 is 15.1 Å². The van der Waals surface area contributed by atoms with Crippen LogP contribution in [0.25, 0.3) is 5.70 Å². The van der Waals surface area contributed by atoms with E-state index in [1.54, 1.807) is 6.07 Å². The van der Waals surface area contributed by atoms with E-state index in [-0.39, 0.29) is 23.1 Å². The molecular formula is C22H28N4O3. The lowest BCUT2D eigenvalue weighted by Crippen LogP contribution is -2.42. The first-order chi connectivity index (χ1) is 13.8. The molecule has 2 amide bonds. The number of aromatic hydroxyl groups is 2. The predicted octanol–water partition coefficient (Wildman–Crippen LogP) is 3.88. The van der Waals surface area contributed by atoms with E-state index in [1.165, 1.54) is 23.8 Å². The summed E-state index contributed by atoms with van der Waals surface area (Å²) in [7, 11) is 0. The summed E-state index contributed by atoms with van der Waals surface area (Å²) in [6.45, 7) is 9.93. The molecule has 1 fully saturated rings. The SMILES string of the molecule is C=C(c1cc(C(C)C)c(O)cc1O)N(C(=O)NN)c1ccc(N2CCCC2)cc1. The van der Waals surface area contributed by atoms with Crippen LogP contribution in [0.4, 0.5) is 16.2 Å². The third kappa shape index (κ3) is 4.14.